The number of likely N-dealkylation sites (N-methyl/N-ethyl adjacent to an activating group) is 1. The molecular weight excluding hydrogens is 174 g/mol. The van der Waals surface area contributed by atoms with Gasteiger partial charge in [-0.15, -0.1) is 0 Å². The number of hydrogen-bond donors (Lipinski definition) is 1. The fourth-order valence-electron chi connectivity index (χ4n) is 0.976. The second kappa shape index (κ2) is 8.57. The van der Waals surface area contributed by atoms with Crippen LogP contribution in [0, 0.1) is 6.92 Å². The number of aryl methyl sites for hydroxylation is 1. The topological polar surface area (TPSA) is 21.3 Å². The van der Waals surface area contributed by atoms with Gasteiger partial charge in [0.05, 0.1) is 0 Å². The summed E-state index contributed by atoms with van der Waals surface area (Å²) in [6, 6.07) is 8.08. The van der Waals surface area contributed by atoms with Gasteiger partial charge in [-0.3, -0.25) is 0 Å². The molecule has 14 heavy (non-hydrogen) atoms. The molecule has 1 aromatic carbocycles. The zero-order valence-electron chi connectivity index (χ0n) is 9.63. The van der Waals surface area contributed by atoms with E-state index >= 15 is 0 Å². The minimum absolute atomic E-state index is 0.722. The second-order valence-electron chi connectivity index (χ2n) is 2.77. The van der Waals surface area contributed by atoms with Crippen LogP contribution in [0.4, 0.5) is 0 Å². The molecule has 0 aliphatic heterocycles. The van der Waals surface area contributed by atoms with Crippen LogP contribution < -0.4 is 10.1 Å². The van der Waals surface area contributed by atoms with Gasteiger partial charge in [-0.2, -0.15) is 0 Å². The van der Waals surface area contributed by atoms with E-state index in [1.807, 2.05) is 39.1 Å². The number of benzene rings is 1. The van der Waals surface area contributed by atoms with Gasteiger partial charge in [0.2, 0.25) is 0 Å². The zero-order valence-corrected chi connectivity index (χ0v) is 9.63. The van der Waals surface area contributed by atoms with E-state index in [4.69, 9.17) is 4.74 Å². The number of rotatable bonds is 4. The van der Waals surface area contributed by atoms with Crippen molar-refractivity contribution in [2.24, 2.45) is 0 Å². The highest BCUT2D eigenvalue weighted by atomic mass is 16.5. The fourth-order valence-corrected chi connectivity index (χ4v) is 0.976. The van der Waals surface area contributed by atoms with Gasteiger partial charge in [0, 0.05) is 6.54 Å². The predicted molar refractivity (Wildman–Crippen MR) is 61.9 cm³/mol. The van der Waals surface area contributed by atoms with Crippen LogP contribution in [0.2, 0.25) is 0 Å². The SMILES string of the molecule is CC.CNCCOc1cccc(C)c1. The van der Waals surface area contributed by atoms with Crippen LogP contribution in [0.5, 0.6) is 5.75 Å². The van der Waals surface area contributed by atoms with Crippen LogP contribution in [0.15, 0.2) is 24.3 Å². The molecule has 1 rings (SSSR count). The van der Waals surface area contributed by atoms with Crippen molar-refractivity contribution >= 4 is 0 Å². The van der Waals surface area contributed by atoms with Crippen molar-refractivity contribution in [3.8, 4) is 5.75 Å². The summed E-state index contributed by atoms with van der Waals surface area (Å²) in [5, 5.41) is 3.03. The van der Waals surface area contributed by atoms with Gasteiger partial charge in [-0.25, -0.2) is 0 Å². The Morgan fingerprint density at radius 3 is 2.57 bits per heavy atom. The first kappa shape index (κ1) is 13.0. The van der Waals surface area contributed by atoms with Crippen LogP contribution in [0.25, 0.3) is 0 Å². The minimum Gasteiger partial charge on any atom is -0.492 e. The van der Waals surface area contributed by atoms with E-state index < -0.39 is 0 Å². The maximum absolute atomic E-state index is 5.46. The summed E-state index contributed by atoms with van der Waals surface area (Å²) < 4.78 is 5.46. The zero-order chi connectivity index (χ0) is 10.8. The Labute approximate surface area is 87.3 Å². The molecule has 0 spiro atoms. The number of nitrogens with one attached hydrogen (secondary N) is 1. The third-order valence-electron chi connectivity index (χ3n) is 1.61. The molecule has 0 heterocycles. The lowest BCUT2D eigenvalue weighted by Crippen LogP contribution is -2.15. The lowest BCUT2D eigenvalue weighted by molar-refractivity contribution is 0.318. The summed E-state index contributed by atoms with van der Waals surface area (Å²) in [6.07, 6.45) is 0. The Kier molecular flexibility index (Phi) is 7.95. The largest absolute Gasteiger partial charge is 0.492 e. The average Bonchev–Trinajstić information content (AvgIpc) is 2.21. The van der Waals surface area contributed by atoms with Crippen LogP contribution >= 0.6 is 0 Å². The van der Waals surface area contributed by atoms with Crippen molar-refractivity contribution in [2.45, 2.75) is 20.8 Å². The summed E-state index contributed by atoms with van der Waals surface area (Å²) >= 11 is 0. The Hall–Kier alpha value is -1.02. The van der Waals surface area contributed by atoms with Crippen LogP contribution in [0.1, 0.15) is 19.4 Å². The van der Waals surface area contributed by atoms with Crippen LogP contribution in [0.3, 0.4) is 0 Å². The van der Waals surface area contributed by atoms with E-state index in [9.17, 15) is 0 Å². The molecule has 80 valence electrons. The quantitative estimate of drug-likeness (QED) is 0.746. The van der Waals surface area contributed by atoms with Gasteiger partial charge in [0.15, 0.2) is 0 Å². The standard InChI is InChI=1S/C10H15NO.C2H6/c1-9-4-3-5-10(8-9)12-7-6-11-2;1-2/h3-5,8,11H,6-7H2,1-2H3;1-2H3. The maximum Gasteiger partial charge on any atom is 0.119 e. The lowest BCUT2D eigenvalue weighted by Gasteiger charge is -2.05. The Morgan fingerprint density at radius 2 is 2.00 bits per heavy atom. The molecular formula is C12H21NO. The summed E-state index contributed by atoms with van der Waals surface area (Å²) in [5.41, 5.74) is 1.23. The van der Waals surface area contributed by atoms with Gasteiger partial charge < -0.3 is 10.1 Å². The minimum atomic E-state index is 0.722. The molecule has 0 saturated carbocycles. The number of ether oxygens (including phenoxy) is 1. The second-order valence-corrected chi connectivity index (χ2v) is 2.77. The summed E-state index contributed by atoms with van der Waals surface area (Å²) in [5.74, 6) is 0.949. The average molecular weight is 195 g/mol. The highest BCUT2D eigenvalue weighted by Crippen LogP contribution is 2.11. The van der Waals surface area contributed by atoms with E-state index in [0.717, 1.165) is 18.9 Å². The van der Waals surface area contributed by atoms with Gasteiger partial charge in [0.25, 0.3) is 0 Å². The Morgan fingerprint density at radius 1 is 1.29 bits per heavy atom. The first-order chi connectivity index (χ1) is 6.83. The van der Waals surface area contributed by atoms with Crippen molar-refractivity contribution < 1.29 is 4.74 Å². The summed E-state index contributed by atoms with van der Waals surface area (Å²) in [4.78, 5) is 0. The van der Waals surface area contributed by atoms with Gasteiger partial charge in [-0.1, -0.05) is 26.0 Å². The smallest absolute Gasteiger partial charge is 0.119 e. The molecule has 0 unspecified atom stereocenters. The summed E-state index contributed by atoms with van der Waals surface area (Å²) in [6.45, 7) is 7.67. The molecule has 0 bridgehead atoms. The van der Waals surface area contributed by atoms with Crippen LogP contribution in [-0.4, -0.2) is 20.2 Å². The van der Waals surface area contributed by atoms with E-state index in [0.29, 0.717) is 0 Å². The maximum atomic E-state index is 5.46. The van der Waals surface area contributed by atoms with E-state index in [1.165, 1.54) is 5.56 Å². The molecule has 1 N–H and O–H groups in total. The van der Waals surface area contributed by atoms with Gasteiger partial charge in [0.1, 0.15) is 12.4 Å². The normalized spacial score (nSPS) is 8.86. The molecule has 1 aromatic rings. The molecule has 2 heteroatoms. The lowest BCUT2D eigenvalue weighted by atomic mass is 10.2. The molecule has 0 aromatic heterocycles. The molecule has 0 aliphatic carbocycles. The van der Waals surface area contributed by atoms with Crippen molar-refractivity contribution in [1.82, 2.24) is 5.32 Å². The third kappa shape index (κ3) is 5.60. The molecule has 0 saturated heterocycles. The summed E-state index contributed by atoms with van der Waals surface area (Å²) in [7, 11) is 1.92. The van der Waals surface area contributed by atoms with Crippen molar-refractivity contribution in [3.05, 3.63) is 29.8 Å². The van der Waals surface area contributed by atoms with E-state index in [2.05, 4.69) is 18.3 Å². The number of hydrogen-bond acceptors (Lipinski definition) is 2. The molecule has 0 aliphatic rings. The van der Waals surface area contributed by atoms with Crippen molar-refractivity contribution in [2.75, 3.05) is 20.2 Å². The first-order valence-electron chi connectivity index (χ1n) is 5.17. The van der Waals surface area contributed by atoms with Crippen molar-refractivity contribution in [1.29, 1.82) is 0 Å². The molecule has 0 amide bonds. The van der Waals surface area contributed by atoms with Crippen molar-refractivity contribution in [3.63, 3.8) is 0 Å². The van der Waals surface area contributed by atoms with Gasteiger partial charge >= 0.3 is 0 Å². The molecule has 2 nitrogen and oxygen atoms in total. The van der Waals surface area contributed by atoms with Crippen LogP contribution in [-0.2, 0) is 0 Å². The highest BCUT2D eigenvalue weighted by molar-refractivity contribution is 5.27. The molecule has 0 fully saturated rings. The third-order valence-corrected chi connectivity index (χ3v) is 1.61. The fraction of sp³-hybridized carbons (Fsp3) is 0.500. The Balaban J connectivity index is 0.000000791. The van der Waals surface area contributed by atoms with E-state index in [-0.39, 0.29) is 0 Å². The Bertz CT molecular complexity index is 236. The highest BCUT2D eigenvalue weighted by Gasteiger charge is 1.91. The monoisotopic (exact) mass is 195 g/mol. The first-order valence-corrected chi connectivity index (χ1v) is 5.17. The van der Waals surface area contributed by atoms with E-state index in [1.54, 1.807) is 0 Å². The molecule has 0 radical (unpaired) electrons. The predicted octanol–water partition coefficient (Wildman–Crippen LogP) is 2.62. The van der Waals surface area contributed by atoms with Gasteiger partial charge in [-0.05, 0) is 31.7 Å². The molecule has 0 atom stereocenters.